The van der Waals surface area contributed by atoms with Gasteiger partial charge in [-0.3, -0.25) is 0 Å². The Kier molecular flexibility index (Phi) is 5.93. The molecule has 2 unspecified atom stereocenters. The predicted octanol–water partition coefficient (Wildman–Crippen LogP) is 4.17. The molecule has 0 bridgehead atoms. The summed E-state index contributed by atoms with van der Waals surface area (Å²) in [5.41, 5.74) is 1.40. The van der Waals surface area contributed by atoms with Gasteiger partial charge < -0.3 is 5.32 Å². The Morgan fingerprint density at radius 2 is 2.00 bits per heavy atom. The van der Waals surface area contributed by atoms with E-state index in [-0.39, 0.29) is 0 Å². The standard InChI is InChI=1S/C15H23NS2/c1-3-18-15-6-4-5-14(15)16-11-12-7-9-13(17-2)10-8-12/h7-10,14-16H,3-6,11H2,1-2H3. The summed E-state index contributed by atoms with van der Waals surface area (Å²) in [4.78, 5) is 1.35. The largest absolute Gasteiger partial charge is 0.309 e. The molecular weight excluding hydrogens is 258 g/mol. The monoisotopic (exact) mass is 281 g/mol. The Hall–Kier alpha value is -0.120. The molecule has 2 rings (SSSR count). The van der Waals surface area contributed by atoms with Crippen molar-refractivity contribution in [1.82, 2.24) is 5.32 Å². The molecule has 0 aliphatic heterocycles. The Balaban J connectivity index is 1.82. The van der Waals surface area contributed by atoms with E-state index in [9.17, 15) is 0 Å². The smallest absolute Gasteiger partial charge is 0.0208 e. The molecule has 1 N–H and O–H groups in total. The summed E-state index contributed by atoms with van der Waals surface area (Å²) in [6.45, 7) is 3.28. The Bertz CT molecular complexity index is 350. The van der Waals surface area contributed by atoms with E-state index in [1.54, 1.807) is 11.8 Å². The molecule has 18 heavy (non-hydrogen) atoms. The van der Waals surface area contributed by atoms with Crippen LogP contribution in [-0.2, 0) is 6.54 Å². The van der Waals surface area contributed by atoms with E-state index >= 15 is 0 Å². The predicted molar refractivity (Wildman–Crippen MR) is 84.6 cm³/mol. The molecule has 0 radical (unpaired) electrons. The number of hydrogen-bond donors (Lipinski definition) is 1. The van der Waals surface area contributed by atoms with Crippen molar-refractivity contribution in [1.29, 1.82) is 0 Å². The lowest BCUT2D eigenvalue weighted by atomic mass is 10.2. The van der Waals surface area contributed by atoms with Gasteiger partial charge in [-0.15, -0.1) is 11.8 Å². The number of hydrogen-bond acceptors (Lipinski definition) is 3. The van der Waals surface area contributed by atoms with Crippen molar-refractivity contribution in [2.75, 3.05) is 12.0 Å². The van der Waals surface area contributed by atoms with E-state index in [4.69, 9.17) is 0 Å². The number of benzene rings is 1. The first kappa shape index (κ1) is 14.3. The lowest BCUT2D eigenvalue weighted by Crippen LogP contribution is -2.33. The number of rotatable bonds is 6. The van der Waals surface area contributed by atoms with Crippen LogP contribution in [0.15, 0.2) is 29.2 Å². The second-order valence-corrected chi connectivity index (χ2v) is 7.16. The molecule has 1 fully saturated rings. The van der Waals surface area contributed by atoms with Gasteiger partial charge in [-0.05, 0) is 42.5 Å². The summed E-state index contributed by atoms with van der Waals surface area (Å²) in [6.07, 6.45) is 6.25. The minimum absolute atomic E-state index is 0.718. The molecule has 3 heteroatoms. The van der Waals surface area contributed by atoms with E-state index in [1.807, 2.05) is 0 Å². The summed E-state index contributed by atoms with van der Waals surface area (Å²) in [7, 11) is 0. The lowest BCUT2D eigenvalue weighted by molar-refractivity contribution is 0.532. The van der Waals surface area contributed by atoms with Crippen molar-refractivity contribution in [2.45, 2.75) is 48.9 Å². The lowest BCUT2D eigenvalue weighted by Gasteiger charge is -2.20. The van der Waals surface area contributed by atoms with Crippen LogP contribution in [0.4, 0.5) is 0 Å². The molecule has 1 aromatic rings. The zero-order chi connectivity index (χ0) is 12.8. The fourth-order valence-electron chi connectivity index (χ4n) is 2.57. The second kappa shape index (κ2) is 7.46. The third-order valence-corrected chi connectivity index (χ3v) is 5.63. The third kappa shape index (κ3) is 3.94. The highest BCUT2D eigenvalue weighted by Gasteiger charge is 2.26. The van der Waals surface area contributed by atoms with Gasteiger partial charge in [-0.25, -0.2) is 0 Å². The molecule has 1 aliphatic rings. The number of thioether (sulfide) groups is 2. The van der Waals surface area contributed by atoms with Crippen LogP contribution in [0.2, 0.25) is 0 Å². The average molecular weight is 281 g/mol. The molecule has 0 heterocycles. The van der Waals surface area contributed by atoms with Crippen LogP contribution in [-0.4, -0.2) is 23.3 Å². The molecule has 1 aromatic carbocycles. The average Bonchev–Trinajstić information content (AvgIpc) is 2.85. The molecule has 100 valence electrons. The van der Waals surface area contributed by atoms with Crippen molar-refractivity contribution in [3.8, 4) is 0 Å². The van der Waals surface area contributed by atoms with Gasteiger partial charge in [-0.1, -0.05) is 25.5 Å². The quantitative estimate of drug-likeness (QED) is 0.786. The van der Waals surface area contributed by atoms with Gasteiger partial charge in [0.25, 0.3) is 0 Å². The van der Waals surface area contributed by atoms with Crippen LogP contribution in [0.3, 0.4) is 0 Å². The normalized spacial score (nSPS) is 23.4. The van der Waals surface area contributed by atoms with Crippen LogP contribution >= 0.6 is 23.5 Å². The van der Waals surface area contributed by atoms with Gasteiger partial charge in [0.05, 0.1) is 0 Å². The number of nitrogens with one attached hydrogen (secondary N) is 1. The van der Waals surface area contributed by atoms with E-state index in [2.05, 4.69) is 54.5 Å². The SMILES string of the molecule is CCSC1CCCC1NCc1ccc(SC)cc1. The van der Waals surface area contributed by atoms with Gasteiger partial charge in [0, 0.05) is 22.7 Å². The molecule has 0 saturated heterocycles. The van der Waals surface area contributed by atoms with Crippen molar-refractivity contribution in [3.05, 3.63) is 29.8 Å². The molecule has 0 aromatic heterocycles. The summed E-state index contributed by atoms with van der Waals surface area (Å²) in [5, 5.41) is 4.58. The van der Waals surface area contributed by atoms with Crippen molar-refractivity contribution in [2.24, 2.45) is 0 Å². The second-order valence-electron chi connectivity index (χ2n) is 4.76. The van der Waals surface area contributed by atoms with Crippen molar-refractivity contribution in [3.63, 3.8) is 0 Å². The van der Waals surface area contributed by atoms with Crippen LogP contribution < -0.4 is 5.32 Å². The minimum atomic E-state index is 0.718. The first-order chi connectivity index (χ1) is 8.83. The third-order valence-electron chi connectivity index (χ3n) is 3.56. The van der Waals surface area contributed by atoms with Crippen LogP contribution in [0.5, 0.6) is 0 Å². The van der Waals surface area contributed by atoms with Gasteiger partial charge in [0.1, 0.15) is 0 Å². The first-order valence-corrected chi connectivity index (χ1v) is 9.08. The van der Waals surface area contributed by atoms with E-state index in [0.717, 1.165) is 17.8 Å². The summed E-state index contributed by atoms with van der Waals surface area (Å²) in [6, 6.07) is 9.64. The highest BCUT2D eigenvalue weighted by atomic mass is 32.2. The van der Waals surface area contributed by atoms with E-state index < -0.39 is 0 Å². The Morgan fingerprint density at radius 3 is 2.67 bits per heavy atom. The van der Waals surface area contributed by atoms with Crippen LogP contribution in [0.1, 0.15) is 31.7 Å². The van der Waals surface area contributed by atoms with E-state index in [1.165, 1.54) is 35.5 Å². The topological polar surface area (TPSA) is 12.0 Å². The highest BCUT2D eigenvalue weighted by molar-refractivity contribution is 7.99. The molecule has 1 nitrogen and oxygen atoms in total. The van der Waals surface area contributed by atoms with Crippen LogP contribution in [0, 0.1) is 0 Å². The van der Waals surface area contributed by atoms with Gasteiger partial charge >= 0.3 is 0 Å². The van der Waals surface area contributed by atoms with Crippen molar-refractivity contribution < 1.29 is 0 Å². The fourth-order valence-corrected chi connectivity index (χ4v) is 4.20. The highest BCUT2D eigenvalue weighted by Crippen LogP contribution is 2.30. The fraction of sp³-hybridized carbons (Fsp3) is 0.600. The summed E-state index contributed by atoms with van der Waals surface area (Å²) >= 11 is 3.93. The minimum Gasteiger partial charge on any atom is -0.309 e. The van der Waals surface area contributed by atoms with E-state index in [0.29, 0.717) is 0 Å². The van der Waals surface area contributed by atoms with Gasteiger partial charge in [-0.2, -0.15) is 11.8 Å². The molecular formula is C15H23NS2. The zero-order valence-corrected chi connectivity index (χ0v) is 12.9. The van der Waals surface area contributed by atoms with Gasteiger partial charge in [0.15, 0.2) is 0 Å². The maximum absolute atomic E-state index is 3.74. The molecule has 0 spiro atoms. The zero-order valence-electron chi connectivity index (χ0n) is 11.3. The van der Waals surface area contributed by atoms with Crippen molar-refractivity contribution >= 4 is 23.5 Å². The Morgan fingerprint density at radius 1 is 1.22 bits per heavy atom. The summed E-state index contributed by atoms with van der Waals surface area (Å²) in [5.74, 6) is 1.24. The maximum atomic E-state index is 3.74. The maximum Gasteiger partial charge on any atom is 0.0208 e. The van der Waals surface area contributed by atoms with Gasteiger partial charge in [0.2, 0.25) is 0 Å². The molecule has 2 atom stereocenters. The van der Waals surface area contributed by atoms with Crippen LogP contribution in [0.25, 0.3) is 0 Å². The molecule has 1 aliphatic carbocycles. The first-order valence-electron chi connectivity index (χ1n) is 6.81. The Labute approximate surface area is 120 Å². The molecule has 1 saturated carbocycles. The molecule has 0 amide bonds. The summed E-state index contributed by atoms with van der Waals surface area (Å²) < 4.78 is 0.